The zero-order valence-electron chi connectivity index (χ0n) is 32.3. The Morgan fingerprint density at radius 2 is 1.67 bits per heavy atom. The van der Waals surface area contributed by atoms with Crippen LogP contribution in [-0.4, -0.2) is 90.9 Å². The normalized spacial score (nSPS) is 21.8. The van der Waals surface area contributed by atoms with E-state index in [-0.39, 0.29) is 55.4 Å². The highest BCUT2D eigenvalue weighted by molar-refractivity contribution is 5.96. The average molecular weight is 765 g/mol. The first kappa shape index (κ1) is 41.6. The molecule has 2 aliphatic heterocycles. The molecule has 5 rings (SSSR count). The summed E-state index contributed by atoms with van der Waals surface area (Å²) in [7, 11) is 3.14. The standard InChI is InChI=1S/C42H54F2N4O7/c1-6-26(2)42(47-27(3)49)14-15-48(41(42)52)38(13-12-28-10-8-7-9-11-28)40(51)46-37(20-29-16-31(43)21-32(44)17-29)39(50)36-23-35(24-45-36)55-25-30-18-33(53-4)22-34(19-30)54-5/h7-11,16-19,21-22,26,35-39,45,50H,6,12-15,20,23-25H2,1-5H3,(H,46,51)(H,47,49)/t26-,35-,36-,37+,38+,39+,42+/m1/s1. The number of benzene rings is 3. The van der Waals surface area contributed by atoms with Gasteiger partial charge in [0.1, 0.15) is 34.7 Å². The van der Waals surface area contributed by atoms with Gasteiger partial charge in [-0.05, 0) is 79.0 Å². The van der Waals surface area contributed by atoms with Crippen LogP contribution in [0.1, 0.15) is 63.1 Å². The van der Waals surface area contributed by atoms with E-state index in [0.29, 0.717) is 43.7 Å². The summed E-state index contributed by atoms with van der Waals surface area (Å²) in [5, 5.41) is 21.1. The number of hydrogen-bond acceptors (Lipinski definition) is 8. The highest BCUT2D eigenvalue weighted by atomic mass is 19.1. The van der Waals surface area contributed by atoms with Gasteiger partial charge in [-0.15, -0.1) is 0 Å². The number of aliphatic hydroxyl groups excluding tert-OH is 1. The fraction of sp³-hybridized carbons (Fsp3) is 0.500. The number of methoxy groups -OCH3 is 2. The van der Waals surface area contributed by atoms with Gasteiger partial charge in [0.25, 0.3) is 0 Å². The van der Waals surface area contributed by atoms with Crippen LogP contribution in [-0.2, 0) is 38.6 Å². The third kappa shape index (κ3) is 10.4. The second-order valence-electron chi connectivity index (χ2n) is 14.7. The highest BCUT2D eigenvalue weighted by Gasteiger charge is 2.53. The summed E-state index contributed by atoms with van der Waals surface area (Å²) in [5.74, 6) is -1.67. The Morgan fingerprint density at radius 3 is 2.29 bits per heavy atom. The van der Waals surface area contributed by atoms with E-state index >= 15 is 0 Å². The predicted octanol–water partition coefficient (Wildman–Crippen LogP) is 4.47. The molecule has 11 nitrogen and oxygen atoms in total. The number of nitrogens with one attached hydrogen (secondary N) is 3. The number of carbonyl (C=O) groups excluding carboxylic acids is 3. The van der Waals surface area contributed by atoms with Crippen molar-refractivity contribution in [2.45, 2.75) is 102 Å². The summed E-state index contributed by atoms with van der Waals surface area (Å²) in [6.07, 6.45) is 0.518. The van der Waals surface area contributed by atoms with Gasteiger partial charge in [0, 0.05) is 38.2 Å². The van der Waals surface area contributed by atoms with Crippen LogP contribution in [0.25, 0.3) is 0 Å². The summed E-state index contributed by atoms with van der Waals surface area (Å²) in [4.78, 5) is 42.8. The van der Waals surface area contributed by atoms with Crippen LogP contribution in [0.15, 0.2) is 66.7 Å². The number of hydrogen-bond donors (Lipinski definition) is 4. The Labute approximate surface area is 322 Å². The molecule has 2 aliphatic rings. The number of halogens is 2. The molecule has 3 aromatic rings. The fourth-order valence-corrected chi connectivity index (χ4v) is 7.88. The Bertz CT molecular complexity index is 1740. The first-order valence-electron chi connectivity index (χ1n) is 19.0. The van der Waals surface area contributed by atoms with Crippen LogP contribution in [0.5, 0.6) is 11.5 Å². The molecule has 3 amide bonds. The summed E-state index contributed by atoms with van der Waals surface area (Å²) >= 11 is 0. The quantitative estimate of drug-likeness (QED) is 0.149. The Hall–Kier alpha value is -4.59. The molecule has 4 N–H and O–H groups in total. The molecule has 3 aromatic carbocycles. The number of rotatable bonds is 18. The maximum atomic E-state index is 14.5. The van der Waals surface area contributed by atoms with Gasteiger partial charge in [0.15, 0.2) is 0 Å². The van der Waals surface area contributed by atoms with E-state index in [1.807, 2.05) is 56.3 Å². The van der Waals surface area contributed by atoms with Crippen LogP contribution in [0.4, 0.5) is 8.78 Å². The van der Waals surface area contributed by atoms with E-state index in [2.05, 4.69) is 16.0 Å². The van der Waals surface area contributed by atoms with Crippen molar-refractivity contribution in [1.82, 2.24) is 20.9 Å². The monoisotopic (exact) mass is 764 g/mol. The number of nitrogens with zero attached hydrogens (tertiary/aromatic N) is 1. The minimum absolute atomic E-state index is 0.0864. The molecular weight excluding hydrogens is 710 g/mol. The number of aryl methyl sites for hydroxylation is 1. The van der Waals surface area contributed by atoms with Gasteiger partial charge in [0.2, 0.25) is 17.7 Å². The van der Waals surface area contributed by atoms with E-state index < -0.39 is 47.3 Å². The van der Waals surface area contributed by atoms with Crippen molar-refractivity contribution < 1.29 is 42.5 Å². The number of amides is 3. The molecule has 13 heteroatoms. The van der Waals surface area contributed by atoms with Gasteiger partial charge in [-0.2, -0.15) is 0 Å². The maximum Gasteiger partial charge on any atom is 0.249 e. The molecule has 0 saturated carbocycles. The molecule has 2 heterocycles. The zero-order chi connectivity index (χ0) is 39.7. The molecule has 2 fully saturated rings. The second-order valence-corrected chi connectivity index (χ2v) is 14.7. The van der Waals surface area contributed by atoms with Gasteiger partial charge >= 0.3 is 0 Å². The van der Waals surface area contributed by atoms with Crippen molar-refractivity contribution in [2.24, 2.45) is 5.92 Å². The van der Waals surface area contributed by atoms with Crippen LogP contribution >= 0.6 is 0 Å². The van der Waals surface area contributed by atoms with E-state index in [0.717, 1.165) is 17.2 Å². The predicted molar refractivity (Wildman–Crippen MR) is 203 cm³/mol. The lowest BCUT2D eigenvalue weighted by atomic mass is 9.81. The molecule has 0 bridgehead atoms. The SMILES string of the molecule is CC[C@@H](C)[C@@]1(NC(C)=O)CCN([C@@H](CCc2ccccc2)C(=O)N[C@@H](Cc2cc(F)cc(F)c2)[C@@H](O)[C@H]2C[C@@H](OCc3cc(OC)cc(OC)c3)CN2)C1=O. The molecular formula is C42H54F2N4O7. The summed E-state index contributed by atoms with van der Waals surface area (Å²) in [6.45, 7) is 6.16. The molecule has 0 unspecified atom stereocenters. The zero-order valence-corrected chi connectivity index (χ0v) is 32.3. The van der Waals surface area contributed by atoms with E-state index in [1.165, 1.54) is 24.0 Å². The van der Waals surface area contributed by atoms with Gasteiger partial charge in [-0.3, -0.25) is 14.4 Å². The van der Waals surface area contributed by atoms with Crippen molar-refractivity contribution in [1.29, 1.82) is 0 Å². The van der Waals surface area contributed by atoms with E-state index in [9.17, 15) is 28.3 Å². The number of carbonyl (C=O) groups is 3. The second kappa shape index (κ2) is 18.8. The lowest BCUT2D eigenvalue weighted by molar-refractivity contribution is -0.144. The van der Waals surface area contributed by atoms with Gasteiger partial charge < -0.3 is 40.2 Å². The van der Waals surface area contributed by atoms with Crippen molar-refractivity contribution in [3.63, 3.8) is 0 Å². The topological polar surface area (TPSA) is 138 Å². The third-order valence-corrected chi connectivity index (χ3v) is 11.0. The van der Waals surface area contributed by atoms with Gasteiger partial charge in [-0.1, -0.05) is 50.6 Å². The van der Waals surface area contributed by atoms with Crippen LogP contribution in [0, 0.1) is 17.6 Å². The van der Waals surface area contributed by atoms with E-state index in [4.69, 9.17) is 14.2 Å². The van der Waals surface area contributed by atoms with Gasteiger partial charge in [0.05, 0.1) is 39.1 Å². The minimum atomic E-state index is -1.21. The third-order valence-electron chi connectivity index (χ3n) is 11.0. The highest BCUT2D eigenvalue weighted by Crippen LogP contribution is 2.35. The van der Waals surface area contributed by atoms with Crippen molar-refractivity contribution in [2.75, 3.05) is 27.3 Å². The Kier molecular flexibility index (Phi) is 14.2. The molecule has 55 heavy (non-hydrogen) atoms. The smallest absolute Gasteiger partial charge is 0.249 e. The van der Waals surface area contributed by atoms with Crippen LogP contribution in [0.2, 0.25) is 0 Å². The average Bonchev–Trinajstić information content (AvgIpc) is 3.77. The van der Waals surface area contributed by atoms with Crippen molar-refractivity contribution in [3.05, 3.63) is 95.1 Å². The van der Waals surface area contributed by atoms with Crippen LogP contribution < -0.4 is 25.4 Å². The molecule has 2 saturated heterocycles. The van der Waals surface area contributed by atoms with Gasteiger partial charge in [-0.25, -0.2) is 8.78 Å². The molecule has 0 aliphatic carbocycles. The van der Waals surface area contributed by atoms with Crippen molar-refractivity contribution in [3.8, 4) is 11.5 Å². The lowest BCUT2D eigenvalue weighted by Crippen LogP contribution is -2.61. The molecule has 0 aromatic heterocycles. The maximum absolute atomic E-state index is 14.5. The molecule has 0 spiro atoms. The molecule has 298 valence electrons. The fourth-order valence-electron chi connectivity index (χ4n) is 7.88. The summed E-state index contributed by atoms with van der Waals surface area (Å²) < 4.78 is 45.7. The lowest BCUT2D eigenvalue weighted by Gasteiger charge is -2.36. The summed E-state index contributed by atoms with van der Waals surface area (Å²) in [5.41, 5.74) is 0.900. The minimum Gasteiger partial charge on any atom is -0.497 e. The number of ether oxygens (including phenoxy) is 3. The first-order chi connectivity index (χ1) is 26.3. The summed E-state index contributed by atoms with van der Waals surface area (Å²) in [6, 6.07) is 15.7. The van der Waals surface area contributed by atoms with E-state index in [1.54, 1.807) is 20.3 Å². The molecule has 0 radical (unpaired) electrons. The number of likely N-dealkylation sites (tertiary alicyclic amines) is 1. The van der Waals surface area contributed by atoms with Crippen LogP contribution in [0.3, 0.4) is 0 Å². The first-order valence-corrected chi connectivity index (χ1v) is 19.0. The molecule has 7 atom stereocenters. The Morgan fingerprint density at radius 1 is 1.00 bits per heavy atom. The number of aliphatic hydroxyl groups is 1. The van der Waals surface area contributed by atoms with Crippen molar-refractivity contribution >= 4 is 17.7 Å². The largest absolute Gasteiger partial charge is 0.497 e. The Balaban J connectivity index is 1.38.